The number of hydrogen-bond acceptors (Lipinski definition) is 3. The van der Waals surface area contributed by atoms with E-state index in [0.29, 0.717) is 17.8 Å². The van der Waals surface area contributed by atoms with E-state index in [-0.39, 0.29) is 5.56 Å². The van der Waals surface area contributed by atoms with Crippen molar-refractivity contribution >= 4 is 0 Å². The third kappa shape index (κ3) is 2.67. The van der Waals surface area contributed by atoms with Gasteiger partial charge in [-0.15, -0.1) is 0 Å². The molecule has 20 heavy (non-hydrogen) atoms. The summed E-state index contributed by atoms with van der Waals surface area (Å²) in [5, 5.41) is 14.3. The second kappa shape index (κ2) is 5.24. The number of aromatic nitrogens is 3. The minimum absolute atomic E-state index is 0.273. The van der Waals surface area contributed by atoms with E-state index >= 15 is 0 Å². The summed E-state index contributed by atoms with van der Waals surface area (Å²) in [6.45, 7) is 1.88. The van der Waals surface area contributed by atoms with Crippen molar-refractivity contribution in [2.24, 2.45) is 7.05 Å². The van der Waals surface area contributed by atoms with Crippen LogP contribution < -0.4 is 0 Å². The van der Waals surface area contributed by atoms with Gasteiger partial charge in [0.15, 0.2) is 0 Å². The molecule has 0 spiro atoms. The van der Waals surface area contributed by atoms with Crippen LogP contribution in [0.1, 0.15) is 35.5 Å². The Morgan fingerprint density at radius 3 is 2.65 bits per heavy atom. The van der Waals surface area contributed by atoms with Gasteiger partial charge in [-0.05, 0) is 18.6 Å². The summed E-state index contributed by atoms with van der Waals surface area (Å²) in [4.78, 5) is 3.67. The fraction of sp³-hybridized carbons (Fsp3) is 0.385. The molecule has 0 saturated heterocycles. The highest BCUT2D eigenvalue weighted by Gasteiger charge is 2.35. The highest BCUT2D eigenvalue weighted by atomic mass is 19.4. The smallest absolute Gasteiger partial charge is 0.382 e. The van der Waals surface area contributed by atoms with Gasteiger partial charge in [0.2, 0.25) is 0 Å². The third-order valence-corrected chi connectivity index (χ3v) is 3.06. The van der Waals surface area contributed by atoms with Crippen LogP contribution in [0.2, 0.25) is 0 Å². The van der Waals surface area contributed by atoms with Crippen LogP contribution >= 0.6 is 0 Å². The van der Waals surface area contributed by atoms with Gasteiger partial charge in [0.25, 0.3) is 0 Å². The van der Waals surface area contributed by atoms with Crippen molar-refractivity contribution in [3.63, 3.8) is 0 Å². The molecular formula is C13H14F3N3O. The van der Waals surface area contributed by atoms with Crippen LogP contribution in [-0.4, -0.2) is 19.9 Å². The summed E-state index contributed by atoms with van der Waals surface area (Å²) in [5.41, 5.74) is -0.149. The fourth-order valence-electron chi connectivity index (χ4n) is 2.01. The zero-order valence-electron chi connectivity index (χ0n) is 11.0. The maximum atomic E-state index is 12.9. The first kappa shape index (κ1) is 14.5. The Kier molecular flexibility index (Phi) is 3.80. The number of halogens is 3. The summed E-state index contributed by atoms with van der Waals surface area (Å²) in [5.74, 6) is 0. The standard InChI is InChI=1S/C13H14F3N3O/c1-3-8-6-11(19(2)18-8)12(20)9-7-17-5-4-10(9)13(14,15)16/h4-7,12,20H,3H2,1-2H3. The van der Waals surface area contributed by atoms with Crippen molar-refractivity contribution in [2.75, 3.05) is 0 Å². The van der Waals surface area contributed by atoms with E-state index in [4.69, 9.17) is 0 Å². The summed E-state index contributed by atoms with van der Waals surface area (Å²) in [6, 6.07) is 2.45. The number of pyridine rings is 1. The Morgan fingerprint density at radius 1 is 1.40 bits per heavy atom. The first-order valence-electron chi connectivity index (χ1n) is 6.06. The van der Waals surface area contributed by atoms with Crippen LogP contribution in [0.25, 0.3) is 0 Å². The minimum atomic E-state index is -4.54. The number of aliphatic hydroxyl groups is 1. The molecule has 1 atom stereocenters. The van der Waals surface area contributed by atoms with Crippen molar-refractivity contribution < 1.29 is 18.3 Å². The molecule has 0 saturated carbocycles. The summed E-state index contributed by atoms with van der Waals surface area (Å²) in [6.07, 6.45) is -3.23. The average molecular weight is 285 g/mol. The van der Waals surface area contributed by atoms with E-state index < -0.39 is 17.8 Å². The molecule has 2 rings (SSSR count). The predicted octanol–water partition coefficient (Wildman–Crippen LogP) is 2.48. The van der Waals surface area contributed by atoms with Gasteiger partial charge in [0, 0.05) is 25.0 Å². The highest BCUT2D eigenvalue weighted by Crippen LogP contribution is 2.35. The zero-order valence-corrected chi connectivity index (χ0v) is 11.0. The van der Waals surface area contributed by atoms with Crippen LogP contribution in [0.5, 0.6) is 0 Å². The monoisotopic (exact) mass is 285 g/mol. The Morgan fingerprint density at radius 2 is 2.10 bits per heavy atom. The van der Waals surface area contributed by atoms with Gasteiger partial charge < -0.3 is 5.11 Å². The van der Waals surface area contributed by atoms with Gasteiger partial charge in [0.05, 0.1) is 17.0 Å². The van der Waals surface area contributed by atoms with Crippen molar-refractivity contribution in [1.82, 2.24) is 14.8 Å². The molecule has 4 nitrogen and oxygen atoms in total. The van der Waals surface area contributed by atoms with Gasteiger partial charge >= 0.3 is 6.18 Å². The van der Waals surface area contributed by atoms with Gasteiger partial charge in [-0.2, -0.15) is 18.3 Å². The lowest BCUT2D eigenvalue weighted by Gasteiger charge is -2.16. The lowest BCUT2D eigenvalue weighted by atomic mass is 10.0. The molecule has 108 valence electrons. The molecule has 2 heterocycles. The third-order valence-electron chi connectivity index (χ3n) is 3.06. The molecule has 0 amide bonds. The molecular weight excluding hydrogens is 271 g/mol. The van der Waals surface area contributed by atoms with Crippen LogP contribution in [0.3, 0.4) is 0 Å². The Balaban J connectivity index is 2.48. The van der Waals surface area contributed by atoms with Gasteiger partial charge in [-0.3, -0.25) is 9.67 Å². The Hall–Kier alpha value is -1.89. The lowest BCUT2D eigenvalue weighted by molar-refractivity contribution is -0.139. The van der Waals surface area contributed by atoms with Crippen molar-refractivity contribution in [1.29, 1.82) is 0 Å². The Labute approximate surface area is 113 Å². The molecule has 2 aromatic rings. The van der Waals surface area contributed by atoms with Gasteiger partial charge in [-0.1, -0.05) is 6.92 Å². The first-order chi connectivity index (χ1) is 9.34. The van der Waals surface area contributed by atoms with Crippen LogP contribution in [0.15, 0.2) is 24.5 Å². The SMILES string of the molecule is CCc1cc(C(O)c2cnccc2C(F)(F)F)n(C)n1. The van der Waals surface area contributed by atoms with Crippen molar-refractivity contribution in [3.8, 4) is 0 Å². The minimum Gasteiger partial charge on any atom is -0.382 e. The van der Waals surface area contributed by atoms with E-state index in [2.05, 4.69) is 10.1 Å². The van der Waals surface area contributed by atoms with Crippen LogP contribution in [0.4, 0.5) is 13.2 Å². The van der Waals surface area contributed by atoms with Gasteiger partial charge in [0.1, 0.15) is 6.10 Å². The molecule has 1 N–H and O–H groups in total. The van der Waals surface area contributed by atoms with Crippen LogP contribution in [-0.2, 0) is 19.6 Å². The highest BCUT2D eigenvalue weighted by molar-refractivity contribution is 5.33. The maximum Gasteiger partial charge on any atom is 0.416 e. The predicted molar refractivity (Wildman–Crippen MR) is 65.9 cm³/mol. The second-order valence-electron chi connectivity index (χ2n) is 4.40. The lowest BCUT2D eigenvalue weighted by Crippen LogP contribution is -2.15. The second-order valence-corrected chi connectivity index (χ2v) is 4.40. The topological polar surface area (TPSA) is 50.9 Å². The molecule has 7 heteroatoms. The number of rotatable bonds is 3. The molecule has 1 unspecified atom stereocenters. The van der Waals surface area contributed by atoms with E-state index in [1.54, 1.807) is 13.1 Å². The molecule has 0 radical (unpaired) electrons. The quantitative estimate of drug-likeness (QED) is 0.942. The normalized spacial score (nSPS) is 13.5. The average Bonchev–Trinajstić information content (AvgIpc) is 2.78. The van der Waals surface area contributed by atoms with E-state index in [0.717, 1.165) is 18.5 Å². The molecule has 2 aromatic heterocycles. The molecule has 0 aliphatic rings. The maximum absolute atomic E-state index is 12.9. The largest absolute Gasteiger partial charge is 0.416 e. The van der Waals surface area contributed by atoms with Crippen molar-refractivity contribution in [2.45, 2.75) is 25.6 Å². The first-order valence-corrected chi connectivity index (χ1v) is 6.06. The number of aliphatic hydroxyl groups excluding tert-OH is 1. The number of aryl methyl sites for hydroxylation is 2. The molecule has 0 aliphatic heterocycles. The Bertz CT molecular complexity index is 607. The van der Waals surface area contributed by atoms with E-state index in [9.17, 15) is 18.3 Å². The summed E-state index contributed by atoms with van der Waals surface area (Å²) in [7, 11) is 1.58. The van der Waals surface area contributed by atoms with Crippen LogP contribution in [0, 0.1) is 0 Å². The van der Waals surface area contributed by atoms with Crippen molar-refractivity contribution in [3.05, 3.63) is 47.0 Å². The zero-order chi connectivity index (χ0) is 14.9. The molecule has 0 aromatic carbocycles. The summed E-state index contributed by atoms with van der Waals surface area (Å²) >= 11 is 0. The molecule has 0 fully saturated rings. The molecule has 0 aliphatic carbocycles. The fourth-order valence-corrected chi connectivity index (χ4v) is 2.01. The number of nitrogens with zero attached hydrogens (tertiary/aromatic N) is 3. The van der Waals surface area contributed by atoms with E-state index in [1.807, 2.05) is 6.92 Å². The summed E-state index contributed by atoms with van der Waals surface area (Å²) < 4.78 is 40.2. The number of alkyl halides is 3. The van der Waals surface area contributed by atoms with Gasteiger partial charge in [-0.25, -0.2) is 0 Å². The number of hydrogen-bond donors (Lipinski definition) is 1. The van der Waals surface area contributed by atoms with E-state index in [1.165, 1.54) is 4.68 Å². The molecule has 0 bridgehead atoms.